The third-order valence-corrected chi connectivity index (χ3v) is 1.20. The van der Waals surface area contributed by atoms with Gasteiger partial charge in [0.15, 0.2) is 5.67 Å². The molecule has 0 unspecified atom stereocenters. The van der Waals surface area contributed by atoms with E-state index in [4.69, 9.17) is 0 Å². The molecule has 7 heavy (non-hydrogen) atoms. The molecule has 0 spiro atoms. The highest BCUT2D eigenvalue weighted by atomic mass is 19.1. The van der Waals surface area contributed by atoms with Gasteiger partial charge in [-0.15, -0.1) is 0 Å². The lowest BCUT2D eigenvalue weighted by atomic mass is 10.0. The second-order valence-corrected chi connectivity index (χ2v) is 1.84. The van der Waals surface area contributed by atoms with Crippen LogP contribution < -0.4 is 5.32 Å². The second-order valence-electron chi connectivity index (χ2n) is 1.84. The molecule has 0 aromatic heterocycles. The Labute approximate surface area is 42.2 Å². The van der Waals surface area contributed by atoms with Crippen molar-refractivity contribution in [2.24, 2.45) is 0 Å². The Balaban J connectivity index is 2.43. The SMILES string of the molecule is C=CC1(F)CNC1. The summed E-state index contributed by atoms with van der Waals surface area (Å²) in [6.45, 7) is 4.22. The van der Waals surface area contributed by atoms with Crippen molar-refractivity contribution in [3.05, 3.63) is 12.7 Å². The summed E-state index contributed by atoms with van der Waals surface area (Å²) in [5.74, 6) is 0. The fraction of sp³-hybridized carbons (Fsp3) is 0.600. The predicted octanol–water partition coefficient (Wildman–Crippen LogP) is 0.484. The highest BCUT2D eigenvalue weighted by Gasteiger charge is 2.32. The van der Waals surface area contributed by atoms with Crippen LogP contribution in [0.1, 0.15) is 0 Å². The van der Waals surface area contributed by atoms with E-state index in [9.17, 15) is 4.39 Å². The van der Waals surface area contributed by atoms with Crippen molar-refractivity contribution < 1.29 is 4.39 Å². The first-order valence-corrected chi connectivity index (χ1v) is 2.30. The van der Waals surface area contributed by atoms with Gasteiger partial charge in [-0.05, 0) is 0 Å². The maximum Gasteiger partial charge on any atom is 0.153 e. The van der Waals surface area contributed by atoms with Gasteiger partial charge >= 0.3 is 0 Å². The van der Waals surface area contributed by atoms with Crippen molar-refractivity contribution in [1.29, 1.82) is 0 Å². The van der Waals surface area contributed by atoms with Crippen LogP contribution in [0.4, 0.5) is 4.39 Å². The molecule has 0 atom stereocenters. The number of nitrogens with one attached hydrogen (secondary N) is 1. The van der Waals surface area contributed by atoms with Crippen molar-refractivity contribution in [3.63, 3.8) is 0 Å². The molecule has 0 aromatic carbocycles. The standard InChI is InChI=1S/C5H8FN/c1-2-5(6)3-7-4-5/h2,7H,1,3-4H2. The predicted molar refractivity (Wildman–Crippen MR) is 26.9 cm³/mol. The lowest BCUT2D eigenvalue weighted by Crippen LogP contribution is -2.54. The first-order valence-electron chi connectivity index (χ1n) is 2.30. The van der Waals surface area contributed by atoms with Crippen molar-refractivity contribution in [2.45, 2.75) is 5.67 Å². The average molecular weight is 101 g/mol. The van der Waals surface area contributed by atoms with Gasteiger partial charge in [-0.1, -0.05) is 12.7 Å². The zero-order valence-electron chi connectivity index (χ0n) is 4.08. The Bertz CT molecular complexity index is 86.1. The number of alkyl halides is 1. The molecule has 0 aliphatic carbocycles. The largest absolute Gasteiger partial charge is 0.310 e. The van der Waals surface area contributed by atoms with Crippen LogP contribution >= 0.6 is 0 Å². The molecule has 1 aliphatic heterocycles. The molecule has 1 nitrogen and oxygen atoms in total. The maximum absolute atomic E-state index is 12.5. The topological polar surface area (TPSA) is 12.0 Å². The molecule has 0 amide bonds. The van der Waals surface area contributed by atoms with Crippen LogP contribution in [0.25, 0.3) is 0 Å². The summed E-state index contributed by atoms with van der Waals surface area (Å²) in [6.07, 6.45) is 1.35. The van der Waals surface area contributed by atoms with E-state index >= 15 is 0 Å². The van der Waals surface area contributed by atoms with E-state index in [2.05, 4.69) is 11.9 Å². The molecule has 40 valence electrons. The van der Waals surface area contributed by atoms with Gasteiger partial charge in [0.1, 0.15) is 0 Å². The summed E-state index contributed by atoms with van der Waals surface area (Å²) in [7, 11) is 0. The van der Waals surface area contributed by atoms with Crippen LogP contribution in [0.5, 0.6) is 0 Å². The van der Waals surface area contributed by atoms with Crippen LogP contribution in [0.2, 0.25) is 0 Å². The van der Waals surface area contributed by atoms with Gasteiger partial charge < -0.3 is 5.32 Å². The summed E-state index contributed by atoms with van der Waals surface area (Å²) in [5, 5.41) is 2.81. The lowest BCUT2D eigenvalue weighted by molar-refractivity contribution is 0.147. The molecule has 1 rings (SSSR count). The van der Waals surface area contributed by atoms with E-state index in [1.807, 2.05) is 0 Å². The van der Waals surface area contributed by atoms with Crippen LogP contribution in [0.15, 0.2) is 12.7 Å². The lowest BCUT2D eigenvalue weighted by Gasteiger charge is -2.31. The van der Waals surface area contributed by atoms with Gasteiger partial charge in [-0.2, -0.15) is 0 Å². The van der Waals surface area contributed by atoms with Crippen LogP contribution in [-0.2, 0) is 0 Å². The number of rotatable bonds is 1. The summed E-state index contributed by atoms with van der Waals surface area (Å²) in [4.78, 5) is 0. The molecule has 2 heteroatoms. The molecule has 0 bridgehead atoms. The minimum Gasteiger partial charge on any atom is -0.310 e. The Kier molecular flexibility index (Phi) is 0.889. The van der Waals surface area contributed by atoms with Gasteiger partial charge in [0.25, 0.3) is 0 Å². The molecule has 0 aromatic rings. The minimum absolute atomic E-state index is 0.441. The third kappa shape index (κ3) is 0.657. The van der Waals surface area contributed by atoms with Crippen LogP contribution in [0.3, 0.4) is 0 Å². The zero-order valence-corrected chi connectivity index (χ0v) is 4.08. The zero-order chi connectivity index (χ0) is 5.33. The monoisotopic (exact) mass is 101 g/mol. The molecular formula is C5H8FN. The van der Waals surface area contributed by atoms with Gasteiger partial charge in [-0.25, -0.2) is 4.39 Å². The molecule has 1 heterocycles. The minimum atomic E-state index is -1.08. The molecular weight excluding hydrogens is 93.1 g/mol. The van der Waals surface area contributed by atoms with Gasteiger partial charge in [0.05, 0.1) is 0 Å². The maximum atomic E-state index is 12.5. The van der Waals surface area contributed by atoms with E-state index in [-0.39, 0.29) is 0 Å². The third-order valence-electron chi connectivity index (χ3n) is 1.20. The quantitative estimate of drug-likeness (QED) is 0.474. The average Bonchev–Trinajstić information content (AvgIpc) is 1.61. The Morgan fingerprint density at radius 3 is 2.29 bits per heavy atom. The van der Waals surface area contributed by atoms with Crippen molar-refractivity contribution in [2.75, 3.05) is 13.1 Å². The molecule has 0 radical (unpaired) electrons. The Hall–Kier alpha value is -0.370. The summed E-state index contributed by atoms with van der Waals surface area (Å²) < 4.78 is 12.5. The van der Waals surface area contributed by atoms with Gasteiger partial charge in [-0.3, -0.25) is 0 Å². The highest BCUT2D eigenvalue weighted by Crippen LogP contribution is 2.15. The van der Waals surface area contributed by atoms with Crippen molar-refractivity contribution in [3.8, 4) is 0 Å². The molecule has 1 aliphatic rings. The number of hydrogen-bond donors (Lipinski definition) is 1. The fourth-order valence-corrected chi connectivity index (χ4v) is 0.508. The summed E-state index contributed by atoms with van der Waals surface area (Å²) in [6, 6.07) is 0. The van der Waals surface area contributed by atoms with Crippen LogP contribution in [0, 0.1) is 0 Å². The van der Waals surface area contributed by atoms with Crippen LogP contribution in [-0.4, -0.2) is 18.8 Å². The van der Waals surface area contributed by atoms with E-state index in [1.54, 1.807) is 0 Å². The second kappa shape index (κ2) is 1.30. The normalized spacial score (nSPS) is 25.9. The summed E-state index contributed by atoms with van der Waals surface area (Å²) in [5.41, 5.74) is -1.08. The van der Waals surface area contributed by atoms with Gasteiger partial charge in [0.2, 0.25) is 0 Å². The van der Waals surface area contributed by atoms with E-state index in [0.717, 1.165) is 0 Å². The smallest absolute Gasteiger partial charge is 0.153 e. The molecule has 1 N–H and O–H groups in total. The molecule has 0 saturated carbocycles. The fourth-order valence-electron chi connectivity index (χ4n) is 0.508. The Morgan fingerprint density at radius 2 is 2.29 bits per heavy atom. The number of hydrogen-bond acceptors (Lipinski definition) is 1. The molecule has 1 saturated heterocycles. The number of halogens is 1. The van der Waals surface area contributed by atoms with E-state index < -0.39 is 5.67 Å². The van der Waals surface area contributed by atoms with Crippen molar-refractivity contribution >= 4 is 0 Å². The molecule has 1 fully saturated rings. The van der Waals surface area contributed by atoms with Gasteiger partial charge in [0, 0.05) is 13.1 Å². The Morgan fingerprint density at radius 1 is 1.71 bits per heavy atom. The van der Waals surface area contributed by atoms with E-state index in [1.165, 1.54) is 6.08 Å². The first-order chi connectivity index (χ1) is 3.27. The van der Waals surface area contributed by atoms with Crippen molar-refractivity contribution in [1.82, 2.24) is 5.32 Å². The highest BCUT2D eigenvalue weighted by molar-refractivity contribution is 5.06. The summed E-state index contributed by atoms with van der Waals surface area (Å²) >= 11 is 0. The first kappa shape index (κ1) is 4.78. The van der Waals surface area contributed by atoms with E-state index in [0.29, 0.717) is 13.1 Å².